The van der Waals surface area contributed by atoms with Crippen LogP contribution in [0.4, 0.5) is 0 Å². The van der Waals surface area contributed by atoms with Gasteiger partial charge in [0.25, 0.3) is 0 Å². The van der Waals surface area contributed by atoms with Crippen LogP contribution in [0.2, 0.25) is 0 Å². The third-order valence-electron chi connectivity index (χ3n) is 5.70. The molecule has 0 aromatic heterocycles. The number of rotatable bonds is 6. The van der Waals surface area contributed by atoms with Crippen molar-refractivity contribution in [3.8, 4) is 17.6 Å². The number of allylic oxidation sites excluding steroid dienone is 1. The van der Waals surface area contributed by atoms with Gasteiger partial charge in [-0.05, 0) is 74.1 Å². The molecule has 0 heterocycles. The van der Waals surface area contributed by atoms with E-state index in [0.717, 1.165) is 43.4 Å². The summed E-state index contributed by atoms with van der Waals surface area (Å²) in [5, 5.41) is 18.9. The Hall–Kier alpha value is -1.25. The van der Waals surface area contributed by atoms with Gasteiger partial charge in [-0.1, -0.05) is 24.1 Å². The standard InChI is InChI=1S/C23H28O4.Na/c1-2-4-19(13-22(25)26)18-6-8-21(9-7-18)27-16-17-5-3-11-23(14-17)12-10-20(24)15-23;/h6-9,14,19-20,24H,3,5,10-13,15-16H2,1H3,(H,25,26);/t19-,20+,23+;/m0./s1. The molecule has 28 heavy (non-hydrogen) atoms. The maximum Gasteiger partial charge on any atom is 0.304 e. The molecular formula is C23H28NaO4. The Morgan fingerprint density at radius 1 is 1.32 bits per heavy atom. The zero-order valence-electron chi connectivity index (χ0n) is 16.9. The summed E-state index contributed by atoms with van der Waals surface area (Å²) in [6.45, 7) is 2.30. The van der Waals surface area contributed by atoms with Crippen LogP contribution in [0.1, 0.15) is 63.4 Å². The van der Waals surface area contributed by atoms with Crippen molar-refractivity contribution >= 4 is 35.5 Å². The Kier molecular flexibility index (Phi) is 8.64. The Morgan fingerprint density at radius 3 is 2.68 bits per heavy atom. The van der Waals surface area contributed by atoms with Crippen molar-refractivity contribution in [2.75, 3.05) is 6.61 Å². The Morgan fingerprint density at radius 2 is 2.07 bits per heavy atom. The molecule has 0 bridgehead atoms. The van der Waals surface area contributed by atoms with Gasteiger partial charge >= 0.3 is 5.97 Å². The summed E-state index contributed by atoms with van der Waals surface area (Å²) in [4.78, 5) is 11.0. The second-order valence-corrected chi connectivity index (χ2v) is 7.82. The molecule has 3 atom stereocenters. The Bertz CT molecular complexity index is 759. The van der Waals surface area contributed by atoms with Crippen LogP contribution in [0.5, 0.6) is 5.75 Å². The van der Waals surface area contributed by atoms with Crippen molar-refractivity contribution in [2.24, 2.45) is 5.41 Å². The summed E-state index contributed by atoms with van der Waals surface area (Å²) in [5.74, 6) is 5.41. The van der Waals surface area contributed by atoms with Crippen molar-refractivity contribution in [1.29, 1.82) is 0 Å². The molecule has 1 spiro atoms. The molecule has 1 fully saturated rings. The van der Waals surface area contributed by atoms with Gasteiger partial charge < -0.3 is 14.9 Å². The molecule has 0 saturated heterocycles. The van der Waals surface area contributed by atoms with Crippen LogP contribution in [0, 0.1) is 17.3 Å². The molecule has 5 heteroatoms. The number of aliphatic carboxylic acids is 1. The number of hydrogen-bond donors (Lipinski definition) is 2. The number of hydrogen-bond acceptors (Lipinski definition) is 3. The van der Waals surface area contributed by atoms with E-state index < -0.39 is 5.97 Å². The topological polar surface area (TPSA) is 66.8 Å². The Balaban J connectivity index is 0.00000280. The molecule has 3 rings (SSSR count). The molecule has 0 amide bonds. The molecule has 2 aliphatic rings. The van der Waals surface area contributed by atoms with Crippen LogP contribution in [0.3, 0.4) is 0 Å². The Labute approximate surface area is 189 Å². The monoisotopic (exact) mass is 391 g/mol. The number of carboxylic acid groups (broad SMARTS) is 1. The van der Waals surface area contributed by atoms with Crippen LogP contribution in [0.15, 0.2) is 35.9 Å². The minimum absolute atomic E-state index is 0. The van der Waals surface area contributed by atoms with Crippen molar-refractivity contribution in [3.63, 3.8) is 0 Å². The van der Waals surface area contributed by atoms with Crippen LogP contribution < -0.4 is 4.74 Å². The van der Waals surface area contributed by atoms with Crippen LogP contribution in [-0.4, -0.2) is 58.5 Å². The minimum atomic E-state index is -0.849. The van der Waals surface area contributed by atoms with Crippen molar-refractivity contribution in [2.45, 2.75) is 63.9 Å². The van der Waals surface area contributed by atoms with E-state index in [1.165, 1.54) is 12.0 Å². The number of ether oxygens (including phenoxy) is 1. The number of aliphatic hydroxyl groups excluding tert-OH is 1. The smallest absolute Gasteiger partial charge is 0.304 e. The first-order valence-corrected chi connectivity index (χ1v) is 9.75. The van der Waals surface area contributed by atoms with Gasteiger partial charge in [-0.25, -0.2) is 0 Å². The second-order valence-electron chi connectivity index (χ2n) is 7.82. The van der Waals surface area contributed by atoms with E-state index in [0.29, 0.717) is 6.61 Å². The fraction of sp³-hybridized carbons (Fsp3) is 0.522. The molecule has 2 N–H and O–H groups in total. The van der Waals surface area contributed by atoms with E-state index in [2.05, 4.69) is 17.9 Å². The third kappa shape index (κ3) is 6.12. The SMILES string of the molecule is CC#C[C@@H](CC(=O)O)c1ccc(OCC2=C[C@@]3(CCC2)CC[C@@H](O)C3)cc1.[Na]. The van der Waals surface area contributed by atoms with E-state index in [1.54, 1.807) is 6.92 Å². The first-order chi connectivity index (χ1) is 13.0. The van der Waals surface area contributed by atoms with Gasteiger partial charge in [0.2, 0.25) is 0 Å². The summed E-state index contributed by atoms with van der Waals surface area (Å²) < 4.78 is 5.97. The van der Waals surface area contributed by atoms with Gasteiger partial charge in [-0.2, -0.15) is 0 Å². The normalized spacial score (nSPS) is 24.5. The van der Waals surface area contributed by atoms with Crippen LogP contribution >= 0.6 is 0 Å². The molecule has 1 aromatic carbocycles. The third-order valence-corrected chi connectivity index (χ3v) is 5.70. The number of carbonyl (C=O) groups is 1. The predicted octanol–water partition coefficient (Wildman–Crippen LogP) is 3.91. The molecule has 4 nitrogen and oxygen atoms in total. The van der Waals surface area contributed by atoms with Crippen molar-refractivity contribution < 1.29 is 19.7 Å². The fourth-order valence-corrected chi connectivity index (χ4v) is 4.42. The average Bonchev–Trinajstić information content (AvgIpc) is 2.99. The van der Waals surface area contributed by atoms with Crippen LogP contribution in [0.25, 0.3) is 0 Å². The number of carboxylic acids is 1. The number of aliphatic hydroxyl groups is 1. The first kappa shape index (κ1) is 23.0. The molecule has 0 aliphatic heterocycles. The van der Waals surface area contributed by atoms with E-state index in [4.69, 9.17) is 9.84 Å². The van der Waals surface area contributed by atoms with Gasteiger partial charge in [0.15, 0.2) is 0 Å². The van der Waals surface area contributed by atoms with Gasteiger partial charge in [0.05, 0.1) is 18.4 Å². The summed E-state index contributed by atoms with van der Waals surface area (Å²) in [6, 6.07) is 7.58. The van der Waals surface area contributed by atoms with Gasteiger partial charge in [0.1, 0.15) is 12.4 Å². The predicted molar refractivity (Wildman–Crippen MR) is 110 cm³/mol. The molecule has 0 unspecified atom stereocenters. The zero-order chi connectivity index (χ0) is 19.3. The van der Waals surface area contributed by atoms with Gasteiger partial charge in [-0.15, -0.1) is 5.92 Å². The largest absolute Gasteiger partial charge is 0.489 e. The maximum atomic E-state index is 11.0. The van der Waals surface area contributed by atoms with Gasteiger partial charge in [0, 0.05) is 29.6 Å². The average molecular weight is 391 g/mol. The molecule has 1 saturated carbocycles. The quantitative estimate of drug-likeness (QED) is 0.438. The van der Waals surface area contributed by atoms with E-state index in [9.17, 15) is 9.90 Å². The molecule has 2 aliphatic carbocycles. The second kappa shape index (κ2) is 10.5. The molecule has 1 aromatic rings. The van der Waals surface area contributed by atoms with Gasteiger partial charge in [-0.3, -0.25) is 4.79 Å². The molecular weight excluding hydrogens is 363 g/mol. The summed E-state index contributed by atoms with van der Waals surface area (Å²) >= 11 is 0. The molecule has 1 radical (unpaired) electrons. The zero-order valence-corrected chi connectivity index (χ0v) is 18.9. The minimum Gasteiger partial charge on any atom is -0.489 e. The summed E-state index contributed by atoms with van der Waals surface area (Å²) in [7, 11) is 0. The van der Waals surface area contributed by atoms with Crippen LogP contribution in [-0.2, 0) is 4.79 Å². The van der Waals surface area contributed by atoms with E-state index in [1.807, 2.05) is 24.3 Å². The van der Waals surface area contributed by atoms with E-state index >= 15 is 0 Å². The van der Waals surface area contributed by atoms with E-state index in [-0.39, 0.29) is 53.4 Å². The summed E-state index contributed by atoms with van der Waals surface area (Å²) in [5.41, 5.74) is 2.40. The fourth-order valence-electron chi connectivity index (χ4n) is 4.42. The van der Waals surface area contributed by atoms with Crippen molar-refractivity contribution in [1.82, 2.24) is 0 Å². The summed E-state index contributed by atoms with van der Waals surface area (Å²) in [6.07, 6.45) is 8.47. The number of benzene rings is 1. The maximum absolute atomic E-state index is 11.0. The molecule has 145 valence electrons. The van der Waals surface area contributed by atoms with Crippen molar-refractivity contribution in [3.05, 3.63) is 41.5 Å². The first-order valence-electron chi connectivity index (χ1n) is 9.75.